The lowest BCUT2D eigenvalue weighted by Gasteiger charge is -2.17. The van der Waals surface area contributed by atoms with E-state index in [1.807, 2.05) is 17.7 Å². The number of pyridine rings is 1. The zero-order valence-electron chi connectivity index (χ0n) is 20.4. The Morgan fingerprint density at radius 2 is 1.84 bits per heavy atom. The Bertz CT molecular complexity index is 1660. The second-order valence-corrected chi connectivity index (χ2v) is 8.70. The molecule has 2 unspecified atom stereocenters. The van der Waals surface area contributed by atoms with E-state index >= 15 is 0 Å². The summed E-state index contributed by atoms with van der Waals surface area (Å²) in [5.41, 5.74) is 8.43. The van der Waals surface area contributed by atoms with Gasteiger partial charge in [0, 0.05) is 43.2 Å². The molecular formula is C28H23N2O+. The normalized spacial score (nSPS) is 20.3. The highest BCUT2D eigenvalue weighted by atomic mass is 16.5. The lowest BCUT2D eigenvalue weighted by atomic mass is 9.91. The van der Waals surface area contributed by atoms with Gasteiger partial charge < -0.3 is 9.30 Å². The summed E-state index contributed by atoms with van der Waals surface area (Å²) in [6, 6.07) is 22.9. The smallest absolute Gasteiger partial charge is 0.213 e. The van der Waals surface area contributed by atoms with Gasteiger partial charge in [0.1, 0.15) is 18.8 Å². The molecule has 0 saturated carbocycles. The lowest BCUT2D eigenvalue weighted by Crippen LogP contribution is -2.31. The molecule has 31 heavy (non-hydrogen) atoms. The van der Waals surface area contributed by atoms with Gasteiger partial charge in [0.05, 0.1) is 11.1 Å². The van der Waals surface area contributed by atoms with Crippen molar-refractivity contribution in [1.82, 2.24) is 4.57 Å². The Morgan fingerprint density at radius 1 is 0.968 bits per heavy atom. The molecule has 3 heteroatoms. The van der Waals surface area contributed by atoms with E-state index < -0.39 is 6.85 Å². The highest BCUT2D eigenvalue weighted by Crippen LogP contribution is 2.58. The number of aryl methyl sites for hydroxylation is 3. The van der Waals surface area contributed by atoms with Crippen LogP contribution in [0.15, 0.2) is 72.9 Å². The van der Waals surface area contributed by atoms with Crippen LogP contribution in [-0.2, 0) is 7.05 Å². The van der Waals surface area contributed by atoms with E-state index in [4.69, 9.17) is 8.85 Å². The predicted molar refractivity (Wildman–Crippen MR) is 123 cm³/mol. The number of aromatic nitrogens is 2. The minimum Gasteiger partial charge on any atom is -0.483 e. The van der Waals surface area contributed by atoms with E-state index in [2.05, 4.69) is 66.1 Å². The van der Waals surface area contributed by atoms with E-state index in [0.29, 0.717) is 5.56 Å². The van der Waals surface area contributed by atoms with Crippen LogP contribution in [0.25, 0.3) is 33.1 Å². The number of fused-ring (bicyclic) bond motifs is 8. The SMILES string of the molecule is [2H]C([2H])([2H])c1ccc(-c2c(C)ccc3c2C2C(O3)c3cccc4c5ccccc5n2c34)[n+](C)c1. The first-order valence-electron chi connectivity index (χ1n) is 12.2. The second kappa shape index (κ2) is 5.76. The third-order valence-corrected chi connectivity index (χ3v) is 6.99. The fourth-order valence-electron chi connectivity index (χ4n) is 5.76. The van der Waals surface area contributed by atoms with Crippen molar-refractivity contribution in [3.05, 3.63) is 95.2 Å². The molecule has 3 aromatic carbocycles. The Kier molecular flexibility index (Phi) is 2.68. The summed E-state index contributed by atoms with van der Waals surface area (Å²) in [7, 11) is 1.92. The quantitative estimate of drug-likeness (QED) is 0.315. The van der Waals surface area contributed by atoms with Crippen LogP contribution in [-0.4, -0.2) is 4.57 Å². The molecular weight excluding hydrogens is 380 g/mol. The molecule has 4 heterocycles. The maximum Gasteiger partial charge on any atom is 0.213 e. The maximum absolute atomic E-state index is 7.80. The largest absolute Gasteiger partial charge is 0.483 e. The molecule has 0 bridgehead atoms. The fourth-order valence-corrected chi connectivity index (χ4v) is 5.76. The number of ether oxygens (including phenoxy) is 1. The molecule has 5 aromatic rings. The van der Waals surface area contributed by atoms with Crippen molar-refractivity contribution >= 4 is 21.8 Å². The van der Waals surface area contributed by atoms with Gasteiger partial charge in [-0.25, -0.2) is 4.57 Å². The number of hydrogen-bond donors (Lipinski definition) is 0. The van der Waals surface area contributed by atoms with Gasteiger partial charge in [-0.1, -0.05) is 42.5 Å². The van der Waals surface area contributed by atoms with Crippen LogP contribution in [0, 0.1) is 13.8 Å². The standard InChI is InChI=1S/C28H23N2O/c1-16-11-13-22(29(3)15-16)24-17(2)12-14-23-25(24)27-28(31-23)20-9-6-8-19-18-7-4-5-10-21(18)30(27)26(19)20/h4-15,27-28H,1-3H3/q+1/i1D3. The lowest BCUT2D eigenvalue weighted by molar-refractivity contribution is -0.660. The molecule has 2 atom stereocenters. The number of hydrogen-bond acceptors (Lipinski definition) is 1. The average molecular weight is 407 g/mol. The molecule has 2 aromatic heterocycles. The van der Waals surface area contributed by atoms with Gasteiger partial charge in [0.25, 0.3) is 0 Å². The highest BCUT2D eigenvalue weighted by molar-refractivity contribution is 6.10. The van der Waals surface area contributed by atoms with Crippen molar-refractivity contribution in [3.63, 3.8) is 0 Å². The molecule has 0 radical (unpaired) electrons. The van der Waals surface area contributed by atoms with Crippen LogP contribution >= 0.6 is 0 Å². The minimum atomic E-state index is -2.14. The third kappa shape index (κ3) is 2.06. The molecule has 0 saturated heterocycles. The van der Waals surface area contributed by atoms with Crippen LogP contribution in [0.2, 0.25) is 0 Å². The van der Waals surface area contributed by atoms with E-state index in [0.717, 1.165) is 22.6 Å². The number of para-hydroxylation sites is 2. The van der Waals surface area contributed by atoms with Gasteiger partial charge in [-0.15, -0.1) is 0 Å². The van der Waals surface area contributed by atoms with Gasteiger partial charge in [0.15, 0.2) is 12.3 Å². The van der Waals surface area contributed by atoms with Crippen LogP contribution in [0.3, 0.4) is 0 Å². The van der Waals surface area contributed by atoms with Crippen molar-refractivity contribution in [3.8, 4) is 17.0 Å². The van der Waals surface area contributed by atoms with Crippen LogP contribution in [0.1, 0.15) is 38.5 Å². The second-order valence-electron chi connectivity index (χ2n) is 8.70. The molecule has 3 nitrogen and oxygen atoms in total. The molecule has 2 aliphatic rings. The maximum atomic E-state index is 7.80. The van der Waals surface area contributed by atoms with Crippen LogP contribution in [0.4, 0.5) is 0 Å². The highest BCUT2D eigenvalue weighted by Gasteiger charge is 2.46. The van der Waals surface area contributed by atoms with E-state index in [1.165, 1.54) is 32.9 Å². The molecule has 0 fully saturated rings. The molecule has 0 spiro atoms. The Labute approximate surface area is 185 Å². The molecule has 0 aliphatic carbocycles. The Balaban J connectivity index is 1.52. The zero-order valence-corrected chi connectivity index (χ0v) is 17.4. The predicted octanol–water partition coefficient (Wildman–Crippen LogP) is 5.94. The van der Waals surface area contributed by atoms with Crippen molar-refractivity contribution in [2.24, 2.45) is 7.05 Å². The summed E-state index contributed by atoms with van der Waals surface area (Å²) in [5.74, 6) is 0.899. The van der Waals surface area contributed by atoms with Crippen LogP contribution in [0.5, 0.6) is 5.75 Å². The van der Waals surface area contributed by atoms with Crippen molar-refractivity contribution in [2.45, 2.75) is 25.9 Å². The molecule has 7 rings (SSSR count). The number of rotatable bonds is 1. The third-order valence-electron chi connectivity index (χ3n) is 6.99. The minimum absolute atomic E-state index is 0.0204. The van der Waals surface area contributed by atoms with Crippen molar-refractivity contribution in [1.29, 1.82) is 0 Å². The van der Waals surface area contributed by atoms with E-state index in [1.54, 1.807) is 12.3 Å². The van der Waals surface area contributed by atoms with Crippen molar-refractivity contribution < 1.29 is 13.4 Å². The topological polar surface area (TPSA) is 18.0 Å². The summed E-state index contributed by atoms with van der Waals surface area (Å²) in [5, 5.41) is 2.52. The van der Waals surface area contributed by atoms with Gasteiger partial charge in [-0.3, -0.25) is 0 Å². The first-order valence-corrected chi connectivity index (χ1v) is 10.7. The molecule has 150 valence electrons. The number of nitrogens with zero attached hydrogens (tertiary/aromatic N) is 2. The Morgan fingerprint density at radius 3 is 2.71 bits per heavy atom. The van der Waals surface area contributed by atoms with E-state index in [-0.39, 0.29) is 12.1 Å². The summed E-state index contributed by atoms with van der Waals surface area (Å²) in [6.07, 6.45) is 1.65. The van der Waals surface area contributed by atoms with Crippen molar-refractivity contribution in [2.75, 3.05) is 0 Å². The first kappa shape index (κ1) is 14.4. The Hall–Kier alpha value is -3.59. The van der Waals surface area contributed by atoms with Gasteiger partial charge >= 0.3 is 0 Å². The molecule has 0 amide bonds. The molecule has 2 aliphatic heterocycles. The number of benzene rings is 3. The van der Waals surface area contributed by atoms with Gasteiger partial charge in [-0.2, -0.15) is 0 Å². The molecule has 0 N–H and O–H groups in total. The van der Waals surface area contributed by atoms with E-state index in [9.17, 15) is 0 Å². The summed E-state index contributed by atoms with van der Waals surface area (Å²) in [6.45, 7) is -0.0208. The first-order chi connectivity index (χ1) is 16.3. The summed E-state index contributed by atoms with van der Waals surface area (Å²) < 4.78 is 34.4. The average Bonchev–Trinajstić information content (AvgIpc) is 3.44. The zero-order chi connectivity index (χ0) is 23.4. The van der Waals surface area contributed by atoms with Gasteiger partial charge in [-0.05, 0) is 37.5 Å². The monoisotopic (exact) mass is 406 g/mol. The summed E-state index contributed by atoms with van der Waals surface area (Å²) >= 11 is 0. The summed E-state index contributed by atoms with van der Waals surface area (Å²) in [4.78, 5) is 0. The van der Waals surface area contributed by atoms with Gasteiger partial charge in [0.2, 0.25) is 5.69 Å². The fraction of sp³-hybridized carbons (Fsp3) is 0.179. The van der Waals surface area contributed by atoms with Crippen LogP contribution < -0.4 is 9.30 Å².